The molecule has 0 aliphatic carbocycles. The fourth-order valence-corrected chi connectivity index (χ4v) is 3.14. The zero-order valence-electron chi connectivity index (χ0n) is 12.6. The molecule has 0 radical (unpaired) electrons. The van der Waals surface area contributed by atoms with Gasteiger partial charge in [0.2, 0.25) is 0 Å². The van der Waals surface area contributed by atoms with Gasteiger partial charge in [-0.15, -0.1) is 0 Å². The van der Waals surface area contributed by atoms with Gasteiger partial charge < -0.3 is 4.74 Å². The maximum atomic E-state index is 12.2. The molecule has 0 saturated carbocycles. The van der Waals surface area contributed by atoms with Crippen molar-refractivity contribution in [2.75, 3.05) is 11.9 Å². The van der Waals surface area contributed by atoms with E-state index in [1.54, 1.807) is 37.3 Å². The van der Waals surface area contributed by atoms with Crippen molar-refractivity contribution in [3.63, 3.8) is 0 Å². The molecule has 1 aromatic carbocycles. The number of ether oxygens (including phenoxy) is 1. The summed E-state index contributed by atoms with van der Waals surface area (Å²) in [5, 5.41) is 3.23. The highest BCUT2D eigenvalue weighted by Gasteiger charge is 2.14. The van der Waals surface area contributed by atoms with Crippen LogP contribution in [0.5, 0.6) is 0 Å². The normalized spacial score (nSPS) is 10.6. The van der Waals surface area contributed by atoms with E-state index >= 15 is 0 Å². The molecule has 0 saturated heterocycles. The first-order valence-electron chi connectivity index (χ1n) is 7.08. The van der Waals surface area contributed by atoms with Gasteiger partial charge in [0.25, 0.3) is 5.91 Å². The van der Waals surface area contributed by atoms with Crippen molar-refractivity contribution in [3.8, 4) is 0 Å². The van der Waals surface area contributed by atoms with Crippen LogP contribution in [0, 0.1) is 0 Å². The first-order valence-corrected chi connectivity index (χ1v) is 8.27. The van der Waals surface area contributed by atoms with Crippen molar-refractivity contribution in [2.45, 2.75) is 6.92 Å². The molecule has 24 heavy (non-hydrogen) atoms. The van der Waals surface area contributed by atoms with E-state index in [1.807, 2.05) is 0 Å². The zero-order chi connectivity index (χ0) is 17.1. The summed E-state index contributed by atoms with van der Waals surface area (Å²) in [5.74, 6) is -0.779. The van der Waals surface area contributed by atoms with Gasteiger partial charge >= 0.3 is 5.97 Å². The minimum absolute atomic E-state index is 0.126. The number of fused-ring (bicyclic) bond motifs is 1. The molecular weight excluding hydrogens is 350 g/mol. The van der Waals surface area contributed by atoms with Crippen molar-refractivity contribution in [1.82, 2.24) is 9.97 Å². The maximum Gasteiger partial charge on any atom is 0.338 e. The summed E-state index contributed by atoms with van der Waals surface area (Å²) >= 11 is 7.17. The van der Waals surface area contributed by atoms with Crippen LogP contribution in [0.25, 0.3) is 10.2 Å². The van der Waals surface area contributed by atoms with Gasteiger partial charge in [-0.05, 0) is 37.3 Å². The number of esters is 1. The largest absolute Gasteiger partial charge is 0.462 e. The van der Waals surface area contributed by atoms with Gasteiger partial charge in [0.1, 0.15) is 5.15 Å². The van der Waals surface area contributed by atoms with Crippen LogP contribution in [0.15, 0.2) is 36.5 Å². The number of thiazole rings is 1. The quantitative estimate of drug-likeness (QED) is 0.565. The predicted octanol–water partition coefficient (Wildman–Crippen LogP) is 3.77. The van der Waals surface area contributed by atoms with Crippen LogP contribution in [-0.2, 0) is 4.74 Å². The first kappa shape index (κ1) is 16.4. The average Bonchev–Trinajstić information content (AvgIpc) is 2.96. The SMILES string of the molecule is CCOC(=O)c1ccc2nc(NC(=O)c3cccnc3Cl)sc2c1. The minimum Gasteiger partial charge on any atom is -0.462 e. The summed E-state index contributed by atoms with van der Waals surface area (Å²) in [7, 11) is 0. The van der Waals surface area contributed by atoms with E-state index in [0.717, 1.165) is 4.70 Å². The highest BCUT2D eigenvalue weighted by molar-refractivity contribution is 7.22. The molecule has 0 bridgehead atoms. The maximum absolute atomic E-state index is 12.2. The lowest BCUT2D eigenvalue weighted by molar-refractivity contribution is 0.0526. The second kappa shape index (κ2) is 6.94. The van der Waals surface area contributed by atoms with Gasteiger partial charge in [0, 0.05) is 6.20 Å². The van der Waals surface area contributed by atoms with E-state index in [4.69, 9.17) is 16.3 Å². The molecule has 0 aliphatic heterocycles. The number of hydrogen-bond acceptors (Lipinski definition) is 6. The molecule has 0 unspecified atom stereocenters. The molecule has 8 heteroatoms. The number of nitrogens with one attached hydrogen (secondary N) is 1. The third kappa shape index (κ3) is 3.37. The molecule has 122 valence electrons. The van der Waals surface area contributed by atoms with Crippen LogP contribution in [0.1, 0.15) is 27.6 Å². The van der Waals surface area contributed by atoms with Gasteiger partial charge in [-0.3, -0.25) is 10.1 Å². The molecular formula is C16H12ClN3O3S. The Balaban J connectivity index is 1.84. The number of halogens is 1. The summed E-state index contributed by atoms with van der Waals surface area (Å²) in [6.45, 7) is 2.06. The number of anilines is 1. The van der Waals surface area contributed by atoms with Crippen LogP contribution >= 0.6 is 22.9 Å². The van der Waals surface area contributed by atoms with Gasteiger partial charge in [0.15, 0.2) is 5.13 Å². The van der Waals surface area contributed by atoms with Crippen molar-refractivity contribution < 1.29 is 14.3 Å². The number of benzene rings is 1. The summed E-state index contributed by atoms with van der Waals surface area (Å²) in [4.78, 5) is 32.2. The third-order valence-electron chi connectivity index (χ3n) is 3.12. The summed E-state index contributed by atoms with van der Waals surface area (Å²) in [6, 6.07) is 8.26. The van der Waals surface area contributed by atoms with Crippen molar-refractivity contribution in [1.29, 1.82) is 0 Å². The van der Waals surface area contributed by atoms with Gasteiger partial charge in [-0.25, -0.2) is 14.8 Å². The van der Waals surface area contributed by atoms with Crippen LogP contribution < -0.4 is 5.32 Å². The molecule has 2 aromatic heterocycles. The van der Waals surface area contributed by atoms with Gasteiger partial charge in [-0.2, -0.15) is 0 Å². The molecule has 2 heterocycles. The van der Waals surface area contributed by atoms with E-state index in [-0.39, 0.29) is 16.7 Å². The Morgan fingerprint density at radius 1 is 1.33 bits per heavy atom. The van der Waals surface area contributed by atoms with Gasteiger partial charge in [-0.1, -0.05) is 22.9 Å². The molecule has 1 N–H and O–H groups in total. The van der Waals surface area contributed by atoms with Crippen molar-refractivity contribution in [3.05, 3.63) is 52.8 Å². The molecule has 0 atom stereocenters. The Hall–Kier alpha value is -2.51. The highest BCUT2D eigenvalue weighted by atomic mass is 35.5. The molecule has 0 spiro atoms. The summed E-state index contributed by atoms with van der Waals surface area (Å²) < 4.78 is 5.74. The number of rotatable bonds is 4. The van der Waals surface area contributed by atoms with E-state index in [0.29, 0.717) is 22.8 Å². The monoisotopic (exact) mass is 361 g/mol. The standard InChI is InChI=1S/C16H12ClN3O3S/c1-2-23-15(22)9-5-6-11-12(8-9)24-16(19-11)20-14(21)10-4-3-7-18-13(10)17/h3-8H,2H2,1H3,(H,19,20,21). The smallest absolute Gasteiger partial charge is 0.338 e. The first-order chi connectivity index (χ1) is 11.6. The predicted molar refractivity (Wildman–Crippen MR) is 92.8 cm³/mol. The number of hydrogen-bond donors (Lipinski definition) is 1. The number of aromatic nitrogens is 2. The highest BCUT2D eigenvalue weighted by Crippen LogP contribution is 2.27. The van der Waals surface area contributed by atoms with Gasteiger partial charge in [0.05, 0.1) is 28.0 Å². The molecule has 0 fully saturated rings. The average molecular weight is 362 g/mol. The van der Waals surface area contributed by atoms with E-state index in [2.05, 4.69) is 15.3 Å². The summed E-state index contributed by atoms with van der Waals surface area (Å²) in [6.07, 6.45) is 1.51. The molecule has 0 aliphatic rings. The van der Waals surface area contributed by atoms with Crippen molar-refractivity contribution >= 4 is 50.2 Å². The Bertz CT molecular complexity index is 926. The Labute approximate surface area is 146 Å². The lowest BCUT2D eigenvalue weighted by Crippen LogP contribution is -2.12. The van der Waals surface area contributed by atoms with Crippen LogP contribution in [-0.4, -0.2) is 28.5 Å². The summed E-state index contributed by atoms with van der Waals surface area (Å²) in [5.41, 5.74) is 1.40. The fourth-order valence-electron chi connectivity index (χ4n) is 2.04. The minimum atomic E-state index is -0.391. The fraction of sp³-hybridized carbons (Fsp3) is 0.125. The van der Waals surface area contributed by atoms with Crippen molar-refractivity contribution in [2.24, 2.45) is 0 Å². The second-order valence-corrected chi connectivity index (χ2v) is 6.11. The Morgan fingerprint density at radius 2 is 2.17 bits per heavy atom. The zero-order valence-corrected chi connectivity index (χ0v) is 14.1. The van der Waals surface area contributed by atoms with Crippen LogP contribution in [0.2, 0.25) is 5.15 Å². The second-order valence-electron chi connectivity index (χ2n) is 4.72. The molecule has 3 rings (SSSR count). The number of nitrogens with zero attached hydrogens (tertiary/aromatic N) is 2. The lowest BCUT2D eigenvalue weighted by Gasteiger charge is -2.02. The molecule has 1 amide bonds. The van der Waals surface area contributed by atoms with E-state index in [9.17, 15) is 9.59 Å². The van der Waals surface area contributed by atoms with Crippen LogP contribution in [0.3, 0.4) is 0 Å². The molecule has 3 aromatic rings. The Kier molecular flexibility index (Phi) is 4.73. The Morgan fingerprint density at radius 3 is 2.92 bits per heavy atom. The molecule has 6 nitrogen and oxygen atoms in total. The lowest BCUT2D eigenvalue weighted by atomic mass is 10.2. The number of pyridine rings is 1. The number of carbonyl (C=O) groups is 2. The van der Waals surface area contributed by atoms with Crippen LogP contribution in [0.4, 0.5) is 5.13 Å². The third-order valence-corrected chi connectivity index (χ3v) is 4.36. The van der Waals surface area contributed by atoms with E-state index in [1.165, 1.54) is 17.5 Å². The topological polar surface area (TPSA) is 81.2 Å². The van der Waals surface area contributed by atoms with E-state index < -0.39 is 5.91 Å². The number of carbonyl (C=O) groups excluding carboxylic acids is 2. The number of amides is 1.